The van der Waals surface area contributed by atoms with Crippen LogP contribution in [0.1, 0.15) is 62.6 Å². The highest BCUT2D eigenvalue weighted by molar-refractivity contribution is 5.72. The number of benzene rings is 1. The molecule has 1 aromatic rings. The highest BCUT2D eigenvalue weighted by atomic mass is 16.5. The monoisotopic (exact) mass is 290 g/mol. The van der Waals surface area contributed by atoms with E-state index in [4.69, 9.17) is 0 Å². The molecule has 0 aromatic heterocycles. The van der Waals surface area contributed by atoms with Gasteiger partial charge < -0.3 is 4.74 Å². The normalized spacial score (nSPS) is 15.0. The van der Waals surface area contributed by atoms with Crippen molar-refractivity contribution >= 4 is 5.97 Å². The molecule has 118 valence electrons. The van der Waals surface area contributed by atoms with E-state index in [-0.39, 0.29) is 5.97 Å². The van der Waals surface area contributed by atoms with E-state index >= 15 is 0 Å². The fourth-order valence-corrected chi connectivity index (χ4v) is 2.81. The van der Waals surface area contributed by atoms with Gasteiger partial charge in [-0.25, -0.2) is 0 Å². The second-order valence-electron chi connectivity index (χ2n) is 6.11. The number of carbonyl (C=O) groups excluding carboxylic acids is 1. The van der Waals surface area contributed by atoms with E-state index in [1.54, 1.807) is 0 Å². The van der Waals surface area contributed by atoms with Crippen LogP contribution < -0.4 is 0 Å². The Kier molecular flexibility index (Phi) is 8.11. The molecule has 1 aliphatic carbocycles. The minimum atomic E-state index is -0.186. The average molecular weight is 290 g/mol. The zero-order valence-electron chi connectivity index (χ0n) is 14.1. The van der Waals surface area contributed by atoms with Gasteiger partial charge in [0.2, 0.25) is 0 Å². The fourth-order valence-electron chi connectivity index (χ4n) is 2.81. The first-order valence-electron chi connectivity index (χ1n) is 8.22. The Morgan fingerprint density at radius 3 is 2.33 bits per heavy atom. The molecule has 2 nitrogen and oxygen atoms in total. The molecular formula is C19H30O2. The first kappa shape index (κ1) is 17.7. The number of ether oxygens (including phenoxy) is 1. The van der Waals surface area contributed by atoms with Crippen molar-refractivity contribution in [1.82, 2.24) is 0 Å². The third-order valence-electron chi connectivity index (χ3n) is 4.26. The topological polar surface area (TPSA) is 26.3 Å². The van der Waals surface area contributed by atoms with Gasteiger partial charge in [0.25, 0.3) is 0 Å². The first-order chi connectivity index (χ1) is 10.1. The van der Waals surface area contributed by atoms with Crippen LogP contribution in [-0.2, 0) is 22.4 Å². The van der Waals surface area contributed by atoms with Crippen molar-refractivity contribution in [2.45, 2.75) is 65.7 Å². The van der Waals surface area contributed by atoms with Crippen molar-refractivity contribution in [3.05, 3.63) is 34.9 Å². The number of esters is 1. The molecule has 0 saturated heterocycles. The van der Waals surface area contributed by atoms with Crippen molar-refractivity contribution in [2.24, 2.45) is 5.92 Å². The molecule has 2 rings (SSSR count). The van der Waals surface area contributed by atoms with Crippen LogP contribution in [0.4, 0.5) is 0 Å². The molecular weight excluding hydrogens is 260 g/mol. The van der Waals surface area contributed by atoms with Gasteiger partial charge >= 0.3 is 5.97 Å². The number of methoxy groups -OCH3 is 1. The zero-order valence-corrected chi connectivity index (χ0v) is 14.1. The molecule has 2 heteroatoms. The van der Waals surface area contributed by atoms with Crippen molar-refractivity contribution in [2.75, 3.05) is 7.11 Å². The summed E-state index contributed by atoms with van der Waals surface area (Å²) >= 11 is 0. The molecule has 0 unspecified atom stereocenters. The molecule has 21 heavy (non-hydrogen) atoms. The summed E-state index contributed by atoms with van der Waals surface area (Å²) in [5.74, 6) is 0.849. The molecule has 0 aliphatic heterocycles. The summed E-state index contributed by atoms with van der Waals surface area (Å²) < 4.78 is 4.61. The summed E-state index contributed by atoms with van der Waals surface area (Å²) in [5, 5.41) is 0. The molecule has 0 amide bonds. The second-order valence-corrected chi connectivity index (χ2v) is 6.11. The summed E-state index contributed by atoms with van der Waals surface area (Å²) in [6.07, 6.45) is 8.83. The minimum Gasteiger partial charge on any atom is -0.469 e. The maximum Gasteiger partial charge on any atom is 0.309 e. The van der Waals surface area contributed by atoms with Crippen LogP contribution in [0.5, 0.6) is 0 Å². The third-order valence-corrected chi connectivity index (χ3v) is 4.26. The summed E-state index contributed by atoms with van der Waals surface area (Å²) in [5.41, 5.74) is 3.60. The summed E-state index contributed by atoms with van der Waals surface area (Å²) in [6.45, 7) is 6.56. The number of hydrogen-bond donors (Lipinski definition) is 0. The van der Waals surface area contributed by atoms with E-state index < -0.39 is 0 Å². The molecule has 1 saturated carbocycles. The van der Waals surface area contributed by atoms with Crippen LogP contribution in [0.2, 0.25) is 0 Å². The predicted molar refractivity (Wildman–Crippen MR) is 88.5 cm³/mol. The standard InChI is InChI=1S/C12H16O2.C7H14/c1-4-11-6-5-10(7-9(11)2)8-12(13)14-3;1-7-5-3-2-4-6-7/h5-7H,4,8H2,1-3H3;7H,2-6H2,1H3. The maximum atomic E-state index is 11.0. The van der Waals surface area contributed by atoms with Gasteiger partial charge in [0.05, 0.1) is 13.5 Å². The highest BCUT2D eigenvalue weighted by Crippen LogP contribution is 2.22. The van der Waals surface area contributed by atoms with Gasteiger partial charge in [-0.2, -0.15) is 0 Å². The molecule has 0 N–H and O–H groups in total. The lowest BCUT2D eigenvalue weighted by Crippen LogP contribution is -2.04. The van der Waals surface area contributed by atoms with E-state index in [1.165, 1.54) is 50.3 Å². The Labute approximate surface area is 129 Å². The summed E-state index contributed by atoms with van der Waals surface area (Å²) in [4.78, 5) is 11.0. The SMILES string of the molecule is CC1CCCCC1.CCc1ccc(CC(=O)OC)cc1C. The fraction of sp³-hybridized carbons (Fsp3) is 0.632. The average Bonchev–Trinajstić information content (AvgIpc) is 2.49. The number of rotatable bonds is 3. The van der Waals surface area contributed by atoms with Crippen LogP contribution in [0.3, 0.4) is 0 Å². The van der Waals surface area contributed by atoms with Gasteiger partial charge in [0.1, 0.15) is 0 Å². The van der Waals surface area contributed by atoms with Gasteiger partial charge in [0, 0.05) is 0 Å². The van der Waals surface area contributed by atoms with Crippen LogP contribution in [0.15, 0.2) is 18.2 Å². The largest absolute Gasteiger partial charge is 0.469 e. The van der Waals surface area contributed by atoms with Gasteiger partial charge in [-0.3, -0.25) is 4.79 Å². The molecule has 0 atom stereocenters. The molecule has 0 bridgehead atoms. The summed E-state index contributed by atoms with van der Waals surface area (Å²) in [7, 11) is 1.41. The van der Waals surface area contributed by atoms with Gasteiger partial charge in [-0.1, -0.05) is 64.2 Å². The Balaban J connectivity index is 0.000000262. The van der Waals surface area contributed by atoms with E-state index in [9.17, 15) is 4.79 Å². The first-order valence-corrected chi connectivity index (χ1v) is 8.22. The Morgan fingerprint density at radius 2 is 1.90 bits per heavy atom. The number of carbonyl (C=O) groups is 1. The predicted octanol–water partition coefficient (Wildman–Crippen LogP) is 4.86. The Hall–Kier alpha value is -1.31. The maximum absolute atomic E-state index is 11.0. The van der Waals surface area contributed by atoms with Crippen LogP contribution in [0.25, 0.3) is 0 Å². The molecule has 0 radical (unpaired) electrons. The quantitative estimate of drug-likeness (QED) is 0.743. The van der Waals surface area contributed by atoms with Gasteiger partial charge in [0.15, 0.2) is 0 Å². The highest BCUT2D eigenvalue weighted by Gasteiger charge is 2.06. The smallest absolute Gasteiger partial charge is 0.309 e. The Morgan fingerprint density at radius 1 is 1.24 bits per heavy atom. The number of aryl methyl sites for hydroxylation is 2. The van der Waals surface area contributed by atoms with Crippen molar-refractivity contribution in [3.8, 4) is 0 Å². The van der Waals surface area contributed by atoms with E-state index in [0.717, 1.165) is 17.9 Å². The summed E-state index contributed by atoms with van der Waals surface area (Å²) in [6, 6.07) is 6.12. The lowest BCUT2D eigenvalue weighted by Gasteiger charge is -2.15. The molecule has 1 aliphatic rings. The van der Waals surface area contributed by atoms with Crippen molar-refractivity contribution < 1.29 is 9.53 Å². The van der Waals surface area contributed by atoms with E-state index in [1.807, 2.05) is 6.07 Å². The van der Waals surface area contributed by atoms with Crippen molar-refractivity contribution in [1.29, 1.82) is 0 Å². The van der Waals surface area contributed by atoms with Crippen LogP contribution >= 0.6 is 0 Å². The van der Waals surface area contributed by atoms with Crippen LogP contribution in [-0.4, -0.2) is 13.1 Å². The lowest BCUT2D eigenvalue weighted by atomic mass is 9.91. The molecule has 0 heterocycles. The zero-order chi connectivity index (χ0) is 15.7. The molecule has 1 aromatic carbocycles. The van der Waals surface area contributed by atoms with Gasteiger partial charge in [-0.05, 0) is 36.0 Å². The van der Waals surface area contributed by atoms with Crippen LogP contribution in [0, 0.1) is 12.8 Å². The Bertz CT molecular complexity index is 431. The van der Waals surface area contributed by atoms with Gasteiger partial charge in [-0.15, -0.1) is 0 Å². The minimum absolute atomic E-state index is 0.186. The van der Waals surface area contributed by atoms with Crippen molar-refractivity contribution in [3.63, 3.8) is 0 Å². The number of hydrogen-bond acceptors (Lipinski definition) is 2. The lowest BCUT2D eigenvalue weighted by molar-refractivity contribution is -0.139. The third kappa shape index (κ3) is 6.79. The van der Waals surface area contributed by atoms with E-state index in [2.05, 4.69) is 37.6 Å². The van der Waals surface area contributed by atoms with E-state index in [0.29, 0.717) is 6.42 Å². The molecule has 1 fully saturated rings. The molecule has 0 spiro atoms. The second kappa shape index (κ2) is 9.59.